The Balaban J connectivity index is 2.44. The van der Waals surface area contributed by atoms with Crippen molar-refractivity contribution in [1.82, 2.24) is 0 Å². The summed E-state index contributed by atoms with van der Waals surface area (Å²) in [6, 6.07) is 4.54. The number of benzene rings is 1. The van der Waals surface area contributed by atoms with E-state index in [1.54, 1.807) is 0 Å². The molecule has 1 aromatic carbocycles. The zero-order valence-corrected chi connectivity index (χ0v) is 9.45. The van der Waals surface area contributed by atoms with Gasteiger partial charge in [0.25, 0.3) is 0 Å². The molecule has 1 aliphatic carbocycles. The van der Waals surface area contributed by atoms with Crippen LogP contribution < -0.4 is 5.32 Å². The lowest BCUT2D eigenvalue weighted by molar-refractivity contribution is 0.685. The van der Waals surface area contributed by atoms with E-state index < -0.39 is 0 Å². The van der Waals surface area contributed by atoms with Gasteiger partial charge in [0, 0.05) is 17.2 Å². The summed E-state index contributed by atoms with van der Waals surface area (Å²) in [5.41, 5.74) is 4.26. The van der Waals surface area contributed by atoms with Gasteiger partial charge >= 0.3 is 0 Å². The molecule has 0 atom stereocenters. The minimum Gasteiger partial charge on any atom is -0.387 e. The van der Waals surface area contributed by atoms with E-state index in [1.165, 1.54) is 47.0 Å². The number of halogens is 1. The molecule has 0 radical (unpaired) electrons. The molecule has 0 saturated carbocycles. The molecule has 0 amide bonds. The van der Waals surface area contributed by atoms with Gasteiger partial charge in [0.2, 0.25) is 0 Å². The molecule has 1 aliphatic rings. The van der Waals surface area contributed by atoms with Gasteiger partial charge in [-0.3, -0.25) is 0 Å². The Morgan fingerprint density at radius 2 is 1.77 bits per heavy atom. The molecule has 0 unspecified atom stereocenters. The zero-order valence-electron chi connectivity index (χ0n) is 7.86. The lowest BCUT2D eigenvalue weighted by atomic mass is 9.91. The topological polar surface area (TPSA) is 12.0 Å². The Morgan fingerprint density at radius 1 is 1.15 bits per heavy atom. The highest BCUT2D eigenvalue weighted by molar-refractivity contribution is 9.10. The predicted octanol–water partition coefficient (Wildman–Crippen LogP) is 3.37. The first kappa shape index (κ1) is 9.07. The Kier molecular flexibility index (Phi) is 2.58. The summed E-state index contributed by atoms with van der Waals surface area (Å²) in [6.07, 6.45) is 5.19. The zero-order chi connectivity index (χ0) is 9.26. The van der Waals surface area contributed by atoms with E-state index in [1.807, 2.05) is 7.05 Å². The van der Waals surface area contributed by atoms with Crippen LogP contribution in [0, 0.1) is 0 Å². The van der Waals surface area contributed by atoms with Crippen LogP contribution in [0.1, 0.15) is 24.0 Å². The molecule has 0 saturated heterocycles. The molecule has 1 N–H and O–H groups in total. The van der Waals surface area contributed by atoms with Crippen molar-refractivity contribution in [2.45, 2.75) is 25.7 Å². The summed E-state index contributed by atoms with van der Waals surface area (Å²) in [4.78, 5) is 0. The summed E-state index contributed by atoms with van der Waals surface area (Å²) >= 11 is 3.57. The summed E-state index contributed by atoms with van der Waals surface area (Å²) in [5.74, 6) is 0. The van der Waals surface area contributed by atoms with Crippen LogP contribution in [0.25, 0.3) is 0 Å². The van der Waals surface area contributed by atoms with Crippen LogP contribution in [-0.4, -0.2) is 7.05 Å². The fourth-order valence-electron chi connectivity index (χ4n) is 1.95. The third-order valence-corrected chi connectivity index (χ3v) is 3.36. The van der Waals surface area contributed by atoms with E-state index >= 15 is 0 Å². The maximum atomic E-state index is 3.57. The second-order valence-electron chi connectivity index (χ2n) is 3.56. The average Bonchev–Trinajstić information content (AvgIpc) is 2.17. The molecule has 0 spiro atoms. The van der Waals surface area contributed by atoms with Crippen molar-refractivity contribution < 1.29 is 0 Å². The number of nitrogens with one attached hydrogen (secondary N) is 1. The van der Waals surface area contributed by atoms with Gasteiger partial charge in [-0.05, 0) is 64.9 Å². The van der Waals surface area contributed by atoms with Crippen molar-refractivity contribution in [1.29, 1.82) is 0 Å². The van der Waals surface area contributed by atoms with Gasteiger partial charge in [0.05, 0.1) is 0 Å². The summed E-state index contributed by atoms with van der Waals surface area (Å²) < 4.78 is 1.19. The Bertz CT molecular complexity index is 320. The van der Waals surface area contributed by atoms with Crippen LogP contribution in [0.4, 0.5) is 5.69 Å². The van der Waals surface area contributed by atoms with Crippen molar-refractivity contribution in [3.05, 3.63) is 27.7 Å². The van der Waals surface area contributed by atoms with E-state index in [9.17, 15) is 0 Å². The number of anilines is 1. The molecule has 2 rings (SSSR count). The molecule has 0 aliphatic heterocycles. The van der Waals surface area contributed by atoms with Gasteiger partial charge < -0.3 is 5.32 Å². The smallest absolute Gasteiger partial charge is 0.0484 e. The quantitative estimate of drug-likeness (QED) is 0.793. The molecule has 0 aromatic heterocycles. The highest BCUT2D eigenvalue weighted by atomic mass is 79.9. The van der Waals surface area contributed by atoms with E-state index in [0.29, 0.717) is 0 Å². The maximum absolute atomic E-state index is 3.57. The van der Waals surface area contributed by atoms with Crippen LogP contribution in [0.15, 0.2) is 16.6 Å². The van der Waals surface area contributed by atoms with Gasteiger partial charge in [0.1, 0.15) is 0 Å². The molecular formula is C11H14BrN. The van der Waals surface area contributed by atoms with Crippen LogP contribution >= 0.6 is 15.9 Å². The standard InChI is InChI=1S/C11H14BrN/c1-13-11-7-9-5-3-2-4-8(9)6-10(11)12/h6-7,13H,2-5H2,1H3. The second kappa shape index (κ2) is 3.70. The van der Waals surface area contributed by atoms with Gasteiger partial charge in [-0.1, -0.05) is 0 Å². The minimum absolute atomic E-state index is 1.19. The molecule has 13 heavy (non-hydrogen) atoms. The molecule has 70 valence electrons. The first-order chi connectivity index (χ1) is 6.31. The van der Waals surface area contributed by atoms with Crippen LogP contribution in [0.2, 0.25) is 0 Å². The number of rotatable bonds is 1. The summed E-state index contributed by atoms with van der Waals surface area (Å²) in [6.45, 7) is 0. The minimum atomic E-state index is 1.19. The molecule has 0 fully saturated rings. The first-order valence-electron chi connectivity index (χ1n) is 4.80. The molecule has 0 bridgehead atoms. The normalized spacial score (nSPS) is 15.2. The van der Waals surface area contributed by atoms with Gasteiger partial charge in [0.15, 0.2) is 0 Å². The Labute approximate surface area is 87.7 Å². The van der Waals surface area contributed by atoms with Crippen molar-refractivity contribution in [2.24, 2.45) is 0 Å². The molecule has 1 aromatic rings. The number of fused-ring (bicyclic) bond motifs is 1. The van der Waals surface area contributed by atoms with Gasteiger partial charge in [-0.15, -0.1) is 0 Å². The second-order valence-corrected chi connectivity index (χ2v) is 4.41. The number of hydrogen-bond acceptors (Lipinski definition) is 1. The van der Waals surface area contributed by atoms with Crippen molar-refractivity contribution in [3.63, 3.8) is 0 Å². The Hall–Kier alpha value is -0.500. The SMILES string of the molecule is CNc1cc2c(cc1Br)CCCC2. The fraction of sp³-hybridized carbons (Fsp3) is 0.455. The molecule has 1 nitrogen and oxygen atoms in total. The first-order valence-corrected chi connectivity index (χ1v) is 5.59. The predicted molar refractivity (Wildman–Crippen MR) is 60.3 cm³/mol. The van der Waals surface area contributed by atoms with Gasteiger partial charge in [-0.2, -0.15) is 0 Å². The third kappa shape index (κ3) is 1.73. The van der Waals surface area contributed by atoms with E-state index in [2.05, 4.69) is 33.4 Å². The van der Waals surface area contributed by atoms with E-state index in [4.69, 9.17) is 0 Å². The monoisotopic (exact) mass is 239 g/mol. The van der Waals surface area contributed by atoms with Gasteiger partial charge in [-0.25, -0.2) is 0 Å². The Morgan fingerprint density at radius 3 is 2.38 bits per heavy atom. The van der Waals surface area contributed by atoms with Crippen LogP contribution in [0.5, 0.6) is 0 Å². The van der Waals surface area contributed by atoms with Crippen molar-refractivity contribution in [3.8, 4) is 0 Å². The summed E-state index contributed by atoms with van der Waals surface area (Å²) in [5, 5.41) is 3.20. The van der Waals surface area contributed by atoms with Crippen LogP contribution in [0.3, 0.4) is 0 Å². The third-order valence-electron chi connectivity index (χ3n) is 2.70. The van der Waals surface area contributed by atoms with Crippen molar-refractivity contribution in [2.75, 3.05) is 12.4 Å². The molecular weight excluding hydrogens is 226 g/mol. The van der Waals surface area contributed by atoms with Crippen molar-refractivity contribution >= 4 is 21.6 Å². The van der Waals surface area contributed by atoms with E-state index in [-0.39, 0.29) is 0 Å². The average molecular weight is 240 g/mol. The maximum Gasteiger partial charge on any atom is 0.0484 e. The summed E-state index contributed by atoms with van der Waals surface area (Å²) in [7, 11) is 1.97. The number of hydrogen-bond donors (Lipinski definition) is 1. The highest BCUT2D eigenvalue weighted by Gasteiger charge is 2.11. The van der Waals surface area contributed by atoms with Crippen LogP contribution in [-0.2, 0) is 12.8 Å². The lowest BCUT2D eigenvalue weighted by Crippen LogP contribution is -2.03. The fourth-order valence-corrected chi connectivity index (χ4v) is 2.54. The largest absolute Gasteiger partial charge is 0.387 e. The van der Waals surface area contributed by atoms with E-state index in [0.717, 1.165) is 0 Å². The number of aryl methyl sites for hydroxylation is 2. The highest BCUT2D eigenvalue weighted by Crippen LogP contribution is 2.30. The molecule has 2 heteroatoms. The molecule has 0 heterocycles. The lowest BCUT2D eigenvalue weighted by Gasteiger charge is -2.17.